The van der Waals surface area contributed by atoms with Crippen LogP contribution in [-0.2, 0) is 44.8 Å². The van der Waals surface area contributed by atoms with Gasteiger partial charge in [-0.15, -0.1) is 0 Å². The SMILES string of the molecule is CCCCC(C)(CC)C1CC(=O)N(CCC(=O)N[C@H](C(=O)N[C@@H](C)C(=O)Nc2ccc(COC(=O)NCCCCC(=O)N[C@@H]3[C@@H](O)[C@H](O)[C@@H](Nc4ncnc5nc[nH]c45)O[C@H]3CO)cc2)C(C)C)C1=O. The van der Waals surface area contributed by atoms with Gasteiger partial charge in [0.05, 0.1) is 24.9 Å². The Morgan fingerprint density at radius 2 is 1.69 bits per heavy atom. The number of ether oxygens (including phenoxy) is 2. The van der Waals surface area contributed by atoms with Gasteiger partial charge >= 0.3 is 6.09 Å². The topological polar surface area (TPSA) is 329 Å². The molecule has 23 nitrogen and oxygen atoms in total. The van der Waals surface area contributed by atoms with Crippen LogP contribution in [0.15, 0.2) is 36.9 Å². The number of imide groups is 1. The second-order valence-corrected chi connectivity index (χ2v) is 18.5. The van der Waals surface area contributed by atoms with E-state index in [0.717, 1.165) is 30.6 Å². The number of aliphatic hydroxyl groups excluding tert-OH is 3. The first-order valence-corrected chi connectivity index (χ1v) is 24.0. The Morgan fingerprint density at radius 1 is 0.943 bits per heavy atom. The highest BCUT2D eigenvalue weighted by Gasteiger charge is 2.48. The third-order valence-corrected chi connectivity index (χ3v) is 13.0. The van der Waals surface area contributed by atoms with Crippen LogP contribution in [0, 0.1) is 17.3 Å². The zero-order chi connectivity index (χ0) is 51.1. The van der Waals surface area contributed by atoms with E-state index in [1.165, 1.54) is 19.6 Å². The van der Waals surface area contributed by atoms with Crippen molar-refractivity contribution in [2.24, 2.45) is 17.3 Å². The summed E-state index contributed by atoms with van der Waals surface area (Å²) in [5.74, 6) is -3.13. The Bertz CT molecular complexity index is 2280. The highest BCUT2D eigenvalue weighted by Crippen LogP contribution is 2.42. The molecule has 9 atom stereocenters. The van der Waals surface area contributed by atoms with Gasteiger partial charge in [-0.25, -0.2) is 19.7 Å². The molecule has 2 fully saturated rings. The van der Waals surface area contributed by atoms with Crippen LogP contribution in [0.5, 0.6) is 0 Å². The van der Waals surface area contributed by atoms with Gasteiger partial charge in [0.2, 0.25) is 35.4 Å². The van der Waals surface area contributed by atoms with E-state index in [2.05, 4.69) is 58.8 Å². The van der Waals surface area contributed by atoms with E-state index in [1.54, 1.807) is 38.1 Å². The van der Waals surface area contributed by atoms with Gasteiger partial charge in [0.15, 0.2) is 17.7 Å². The minimum Gasteiger partial charge on any atom is -0.445 e. The monoisotopic (exact) mass is 980 g/mol. The van der Waals surface area contributed by atoms with Crippen molar-refractivity contribution >= 4 is 64.2 Å². The normalized spacial score (nSPS) is 21.9. The van der Waals surface area contributed by atoms with Crippen LogP contribution >= 0.6 is 0 Å². The molecule has 1 aromatic carbocycles. The Hall–Kier alpha value is -6.30. The van der Waals surface area contributed by atoms with Gasteiger partial charge in [0, 0.05) is 38.0 Å². The average molecular weight is 980 g/mol. The lowest BCUT2D eigenvalue weighted by Gasteiger charge is -2.42. The Morgan fingerprint density at radius 3 is 2.37 bits per heavy atom. The summed E-state index contributed by atoms with van der Waals surface area (Å²) in [6.07, 6.45) is 1.03. The number of anilines is 2. The zero-order valence-corrected chi connectivity index (χ0v) is 40.7. The number of aromatic amines is 1. The van der Waals surface area contributed by atoms with Crippen molar-refractivity contribution < 1.29 is 58.4 Å². The summed E-state index contributed by atoms with van der Waals surface area (Å²) in [7, 11) is 0. The van der Waals surface area contributed by atoms with Crippen LogP contribution in [0.2, 0.25) is 0 Å². The van der Waals surface area contributed by atoms with Crippen LogP contribution in [0.1, 0.15) is 105 Å². The standard InChI is InChI=1S/C47H69N11O12/c1-7-9-18-47(6,8-2)30-21-34(62)58(45(30)67)20-17-33(61)55-35(26(3)4)43(66)53-27(5)42(65)54-29-15-13-28(14-16-29)23-69-46(68)48-19-11-10-12-32(60)56-36-31(22-59)70-44(39(64)38(36)63)57-41-37-40(50-24-49-37)51-25-52-41/h13-16,24-27,30-31,35-36,38-39,44,59,63-64H,7-12,17-23H2,1-6H3,(H,48,68)(H,53,66)(H,54,65)(H,55,61)(H,56,60)(H2,49,50,51,52,57)/t27-,30?,31-,35-,36-,38+,39-,44-,47?/m0/s1. The molecule has 4 heterocycles. The smallest absolute Gasteiger partial charge is 0.407 e. The van der Waals surface area contributed by atoms with Crippen molar-refractivity contribution in [3.8, 4) is 0 Å². The molecule has 70 heavy (non-hydrogen) atoms. The fraction of sp³-hybridized carbons (Fsp3) is 0.617. The van der Waals surface area contributed by atoms with Crippen molar-refractivity contribution in [2.45, 2.75) is 149 Å². The number of likely N-dealkylation sites (tertiary alicyclic amines) is 1. The summed E-state index contributed by atoms with van der Waals surface area (Å²) < 4.78 is 11.1. The average Bonchev–Trinajstić information content (AvgIpc) is 3.94. The molecule has 2 aliphatic heterocycles. The fourth-order valence-corrected chi connectivity index (χ4v) is 8.43. The maximum absolute atomic E-state index is 13.3. The van der Waals surface area contributed by atoms with Crippen LogP contribution in [0.25, 0.3) is 11.2 Å². The van der Waals surface area contributed by atoms with Crippen LogP contribution < -0.4 is 31.9 Å². The van der Waals surface area contributed by atoms with Crippen molar-refractivity contribution in [1.82, 2.24) is 46.1 Å². The Labute approximate surface area is 406 Å². The third-order valence-electron chi connectivity index (χ3n) is 13.0. The van der Waals surface area contributed by atoms with E-state index in [-0.39, 0.29) is 67.9 Å². The lowest BCUT2D eigenvalue weighted by Crippen LogP contribution is -2.65. The number of hydrogen-bond donors (Lipinski definition) is 10. The minimum absolute atomic E-state index is 0.0206. The molecule has 0 saturated carbocycles. The van der Waals surface area contributed by atoms with E-state index in [4.69, 9.17) is 9.47 Å². The molecule has 2 unspecified atom stereocenters. The number of fused-ring (bicyclic) bond motifs is 1. The molecule has 0 spiro atoms. The zero-order valence-electron chi connectivity index (χ0n) is 40.7. The van der Waals surface area contributed by atoms with Gasteiger partial charge in [-0.3, -0.25) is 33.7 Å². The molecule has 2 saturated heterocycles. The second kappa shape index (κ2) is 25.5. The number of hydrogen-bond acceptors (Lipinski definition) is 16. The number of aromatic nitrogens is 4. The molecule has 0 aliphatic carbocycles. The van der Waals surface area contributed by atoms with E-state index < -0.39 is 84.9 Å². The number of carbonyl (C=O) groups is 7. The van der Waals surface area contributed by atoms with Gasteiger partial charge in [-0.1, -0.05) is 59.6 Å². The Balaban J connectivity index is 0.961. The molecular formula is C47H69N11O12. The number of nitrogens with one attached hydrogen (secondary N) is 7. The van der Waals surface area contributed by atoms with Gasteiger partial charge in [-0.2, -0.15) is 0 Å². The number of alkyl carbamates (subject to hydrolysis) is 1. The first-order chi connectivity index (χ1) is 33.4. The molecule has 384 valence electrons. The molecular weight excluding hydrogens is 911 g/mol. The number of imidazole rings is 1. The molecule has 10 N–H and O–H groups in total. The number of carbonyl (C=O) groups excluding carboxylic acids is 7. The predicted octanol–water partition coefficient (Wildman–Crippen LogP) is 1.74. The molecule has 2 aromatic heterocycles. The number of benzene rings is 1. The first kappa shape index (κ1) is 54.6. The third kappa shape index (κ3) is 14.4. The van der Waals surface area contributed by atoms with Crippen LogP contribution in [0.4, 0.5) is 16.3 Å². The molecule has 7 amide bonds. The highest BCUT2D eigenvalue weighted by atomic mass is 16.6. The molecule has 0 bridgehead atoms. The summed E-state index contributed by atoms with van der Waals surface area (Å²) in [4.78, 5) is 107. The fourth-order valence-electron chi connectivity index (χ4n) is 8.43. The van der Waals surface area contributed by atoms with Crippen molar-refractivity contribution in [2.75, 3.05) is 30.3 Å². The van der Waals surface area contributed by atoms with Crippen molar-refractivity contribution in [3.05, 3.63) is 42.5 Å². The molecule has 5 rings (SSSR count). The van der Waals surface area contributed by atoms with Crippen LogP contribution in [-0.4, -0.2) is 144 Å². The minimum atomic E-state index is -1.51. The van der Waals surface area contributed by atoms with E-state index in [0.29, 0.717) is 35.3 Å². The summed E-state index contributed by atoms with van der Waals surface area (Å²) in [6.45, 7) is 10.6. The molecule has 0 radical (unpaired) electrons. The maximum atomic E-state index is 13.3. The Kier molecular flexibility index (Phi) is 19.9. The lowest BCUT2D eigenvalue weighted by molar-refractivity contribution is -0.185. The summed E-state index contributed by atoms with van der Waals surface area (Å²) in [5.41, 5.74) is 1.55. The maximum Gasteiger partial charge on any atom is 0.407 e. The number of amides is 7. The number of nitrogens with zero attached hydrogens (tertiary/aromatic N) is 4. The van der Waals surface area contributed by atoms with Gasteiger partial charge in [0.25, 0.3) is 0 Å². The summed E-state index contributed by atoms with van der Waals surface area (Å²) in [6, 6.07) is 3.42. The van der Waals surface area contributed by atoms with Crippen LogP contribution in [0.3, 0.4) is 0 Å². The highest BCUT2D eigenvalue weighted by molar-refractivity contribution is 6.04. The van der Waals surface area contributed by atoms with E-state index in [9.17, 15) is 48.9 Å². The second-order valence-electron chi connectivity index (χ2n) is 18.5. The quantitative estimate of drug-likeness (QED) is 0.0427. The lowest BCUT2D eigenvalue weighted by atomic mass is 9.71. The van der Waals surface area contributed by atoms with Crippen molar-refractivity contribution in [3.63, 3.8) is 0 Å². The largest absolute Gasteiger partial charge is 0.445 e. The molecule has 3 aromatic rings. The number of H-pyrrole nitrogens is 1. The number of rotatable bonds is 25. The first-order valence-electron chi connectivity index (χ1n) is 24.0. The van der Waals surface area contributed by atoms with E-state index >= 15 is 0 Å². The number of unbranched alkanes of at least 4 members (excludes halogenated alkanes) is 2. The number of aliphatic hydroxyl groups is 3. The molecule has 23 heteroatoms. The summed E-state index contributed by atoms with van der Waals surface area (Å²) in [5, 5.41) is 47.8. The van der Waals surface area contributed by atoms with Gasteiger partial charge in [0.1, 0.15) is 48.8 Å². The van der Waals surface area contributed by atoms with Crippen molar-refractivity contribution in [1.29, 1.82) is 0 Å². The molecule has 2 aliphatic rings. The summed E-state index contributed by atoms with van der Waals surface area (Å²) >= 11 is 0. The van der Waals surface area contributed by atoms with Gasteiger partial charge < -0.3 is 61.7 Å². The predicted molar refractivity (Wildman–Crippen MR) is 254 cm³/mol. The van der Waals surface area contributed by atoms with E-state index in [1.807, 2.05) is 13.8 Å². The van der Waals surface area contributed by atoms with Gasteiger partial charge in [-0.05, 0) is 61.6 Å².